The van der Waals surface area contributed by atoms with E-state index >= 15 is 0 Å². The second-order valence-electron chi connectivity index (χ2n) is 5.36. The summed E-state index contributed by atoms with van der Waals surface area (Å²) in [6.45, 7) is 8.22. The summed E-state index contributed by atoms with van der Waals surface area (Å²) in [5.74, 6) is 1.65. The lowest BCUT2D eigenvalue weighted by Gasteiger charge is -2.20. The van der Waals surface area contributed by atoms with E-state index < -0.39 is 0 Å². The van der Waals surface area contributed by atoms with Crippen molar-refractivity contribution in [2.24, 2.45) is 0 Å². The van der Waals surface area contributed by atoms with Crippen LogP contribution in [0.4, 0.5) is 5.69 Å². The number of rotatable bonds is 3. The first-order chi connectivity index (χ1) is 8.41. The zero-order chi connectivity index (χ0) is 13.3. The first-order valence-corrected chi connectivity index (χ1v) is 6.11. The lowest BCUT2D eigenvalue weighted by molar-refractivity contribution is 0.328. The molecule has 18 heavy (non-hydrogen) atoms. The van der Waals surface area contributed by atoms with Crippen LogP contribution in [0.5, 0.6) is 0 Å². The minimum Gasteiger partial charge on any atom is -0.399 e. The number of nitrogens with two attached hydrogens (primary N) is 1. The summed E-state index contributed by atoms with van der Waals surface area (Å²) in [5.41, 5.74) is 7.25. The number of benzene rings is 1. The average Bonchev–Trinajstić information content (AvgIpc) is 2.79. The summed E-state index contributed by atoms with van der Waals surface area (Å²) < 4.78 is 5.38. The van der Waals surface area contributed by atoms with Gasteiger partial charge >= 0.3 is 0 Å². The molecule has 0 fully saturated rings. The second-order valence-corrected chi connectivity index (χ2v) is 5.36. The van der Waals surface area contributed by atoms with Crippen LogP contribution in [-0.4, -0.2) is 10.1 Å². The van der Waals surface area contributed by atoms with Crippen LogP contribution in [0, 0.1) is 0 Å². The summed E-state index contributed by atoms with van der Waals surface area (Å²) in [6, 6.07) is 7.76. The van der Waals surface area contributed by atoms with E-state index in [9.17, 15) is 0 Å². The van der Waals surface area contributed by atoms with Crippen LogP contribution in [0.1, 0.15) is 50.9 Å². The second kappa shape index (κ2) is 4.44. The van der Waals surface area contributed by atoms with Gasteiger partial charge in [-0.1, -0.05) is 31.1 Å². The van der Waals surface area contributed by atoms with Gasteiger partial charge in [0.2, 0.25) is 5.89 Å². The van der Waals surface area contributed by atoms with Crippen molar-refractivity contribution in [1.82, 2.24) is 10.1 Å². The number of hydrogen-bond donors (Lipinski definition) is 1. The standard InChI is InChI=1S/C14H19N3O/c1-9(2)12-16-13(18-17-12)14(3,4)10-5-7-11(15)8-6-10/h5-9H,15H2,1-4H3. The molecule has 0 radical (unpaired) electrons. The molecule has 0 saturated heterocycles. The smallest absolute Gasteiger partial charge is 0.236 e. The van der Waals surface area contributed by atoms with E-state index in [1.807, 2.05) is 38.1 Å². The van der Waals surface area contributed by atoms with Crippen molar-refractivity contribution in [3.8, 4) is 0 Å². The quantitative estimate of drug-likeness (QED) is 0.844. The molecular weight excluding hydrogens is 226 g/mol. The lowest BCUT2D eigenvalue weighted by Crippen LogP contribution is -2.19. The van der Waals surface area contributed by atoms with Crippen molar-refractivity contribution in [3.05, 3.63) is 41.5 Å². The number of nitrogen functional groups attached to an aromatic ring is 1. The van der Waals surface area contributed by atoms with Crippen molar-refractivity contribution in [1.29, 1.82) is 0 Å². The number of aromatic nitrogens is 2. The van der Waals surface area contributed by atoms with E-state index in [1.54, 1.807) is 0 Å². The summed E-state index contributed by atoms with van der Waals surface area (Å²) in [4.78, 5) is 4.47. The zero-order valence-electron chi connectivity index (χ0n) is 11.3. The molecule has 4 heteroatoms. The van der Waals surface area contributed by atoms with Gasteiger partial charge in [-0.15, -0.1) is 0 Å². The molecule has 1 aromatic heterocycles. The number of anilines is 1. The zero-order valence-corrected chi connectivity index (χ0v) is 11.3. The molecule has 1 heterocycles. The van der Waals surface area contributed by atoms with E-state index in [0.29, 0.717) is 5.89 Å². The SMILES string of the molecule is CC(C)c1noc(C(C)(C)c2ccc(N)cc2)n1. The number of nitrogens with zero attached hydrogens (tertiary/aromatic N) is 2. The van der Waals surface area contributed by atoms with E-state index in [0.717, 1.165) is 17.1 Å². The Morgan fingerprint density at radius 2 is 1.78 bits per heavy atom. The van der Waals surface area contributed by atoms with Crippen LogP contribution >= 0.6 is 0 Å². The Balaban J connectivity index is 2.37. The fourth-order valence-corrected chi connectivity index (χ4v) is 1.75. The van der Waals surface area contributed by atoms with Crippen LogP contribution in [0.25, 0.3) is 0 Å². The van der Waals surface area contributed by atoms with E-state index in [2.05, 4.69) is 24.0 Å². The minimum atomic E-state index is -0.312. The maximum atomic E-state index is 5.70. The van der Waals surface area contributed by atoms with Crippen molar-refractivity contribution >= 4 is 5.69 Å². The molecule has 0 bridgehead atoms. The van der Waals surface area contributed by atoms with Gasteiger partial charge in [-0.05, 0) is 31.5 Å². The van der Waals surface area contributed by atoms with Crippen LogP contribution in [0.2, 0.25) is 0 Å². The van der Waals surface area contributed by atoms with Gasteiger partial charge in [0, 0.05) is 11.6 Å². The monoisotopic (exact) mass is 245 g/mol. The van der Waals surface area contributed by atoms with Gasteiger partial charge in [-0.2, -0.15) is 4.98 Å². The Morgan fingerprint density at radius 3 is 2.28 bits per heavy atom. The summed E-state index contributed by atoms with van der Waals surface area (Å²) >= 11 is 0. The van der Waals surface area contributed by atoms with Gasteiger partial charge in [0.25, 0.3) is 0 Å². The highest BCUT2D eigenvalue weighted by atomic mass is 16.5. The summed E-state index contributed by atoms with van der Waals surface area (Å²) in [5, 5.41) is 4.01. The van der Waals surface area contributed by atoms with Gasteiger partial charge in [0.1, 0.15) is 0 Å². The normalized spacial score (nSPS) is 12.1. The molecule has 0 unspecified atom stereocenters. The van der Waals surface area contributed by atoms with Gasteiger partial charge in [0.05, 0.1) is 5.41 Å². The largest absolute Gasteiger partial charge is 0.399 e. The van der Waals surface area contributed by atoms with Crippen LogP contribution in [0.15, 0.2) is 28.8 Å². The molecule has 0 saturated carbocycles. The molecule has 96 valence electrons. The van der Waals surface area contributed by atoms with Crippen molar-refractivity contribution in [2.75, 3.05) is 5.73 Å². The van der Waals surface area contributed by atoms with Crippen molar-refractivity contribution in [3.63, 3.8) is 0 Å². The third kappa shape index (κ3) is 2.23. The molecule has 0 aliphatic heterocycles. The molecule has 0 amide bonds. The molecule has 4 nitrogen and oxygen atoms in total. The fourth-order valence-electron chi connectivity index (χ4n) is 1.75. The van der Waals surface area contributed by atoms with Crippen LogP contribution in [0.3, 0.4) is 0 Å². The van der Waals surface area contributed by atoms with Crippen LogP contribution < -0.4 is 5.73 Å². The van der Waals surface area contributed by atoms with E-state index in [4.69, 9.17) is 10.3 Å². The third-order valence-electron chi connectivity index (χ3n) is 3.13. The predicted octanol–water partition coefficient (Wildman–Crippen LogP) is 3.10. The Bertz CT molecular complexity index is 526. The molecule has 1 aromatic carbocycles. The highest BCUT2D eigenvalue weighted by Gasteiger charge is 2.30. The number of hydrogen-bond acceptors (Lipinski definition) is 4. The predicted molar refractivity (Wildman–Crippen MR) is 71.4 cm³/mol. The topological polar surface area (TPSA) is 64.9 Å². The first kappa shape index (κ1) is 12.6. The maximum absolute atomic E-state index is 5.70. The fraction of sp³-hybridized carbons (Fsp3) is 0.429. The molecular formula is C14H19N3O. The Kier molecular flexibility index (Phi) is 3.11. The minimum absolute atomic E-state index is 0.268. The Morgan fingerprint density at radius 1 is 1.17 bits per heavy atom. The van der Waals surface area contributed by atoms with Crippen molar-refractivity contribution < 1.29 is 4.52 Å². The molecule has 2 aromatic rings. The van der Waals surface area contributed by atoms with E-state index in [1.165, 1.54) is 0 Å². The van der Waals surface area contributed by atoms with Crippen molar-refractivity contribution in [2.45, 2.75) is 39.0 Å². The molecule has 0 spiro atoms. The molecule has 0 atom stereocenters. The third-order valence-corrected chi connectivity index (χ3v) is 3.13. The highest BCUT2D eigenvalue weighted by Crippen LogP contribution is 2.31. The molecule has 2 N–H and O–H groups in total. The van der Waals surface area contributed by atoms with E-state index in [-0.39, 0.29) is 11.3 Å². The summed E-state index contributed by atoms with van der Waals surface area (Å²) in [6.07, 6.45) is 0. The average molecular weight is 245 g/mol. The first-order valence-electron chi connectivity index (χ1n) is 6.11. The Hall–Kier alpha value is -1.84. The molecule has 2 rings (SSSR count). The lowest BCUT2D eigenvalue weighted by atomic mass is 9.84. The van der Waals surface area contributed by atoms with Gasteiger partial charge in [-0.25, -0.2) is 0 Å². The molecule has 0 aliphatic carbocycles. The highest BCUT2D eigenvalue weighted by molar-refractivity contribution is 5.42. The van der Waals surface area contributed by atoms with Gasteiger partial charge in [0.15, 0.2) is 5.82 Å². The summed E-state index contributed by atoms with van der Waals surface area (Å²) in [7, 11) is 0. The Labute approximate surface area is 107 Å². The van der Waals surface area contributed by atoms with Gasteiger partial charge < -0.3 is 10.3 Å². The van der Waals surface area contributed by atoms with Gasteiger partial charge in [-0.3, -0.25) is 0 Å². The molecule has 0 aliphatic rings. The van der Waals surface area contributed by atoms with Crippen LogP contribution in [-0.2, 0) is 5.41 Å². The maximum Gasteiger partial charge on any atom is 0.236 e.